The highest BCUT2D eigenvalue weighted by Crippen LogP contribution is 2.34. The summed E-state index contributed by atoms with van der Waals surface area (Å²) < 4.78 is 2.35. The normalized spacial score (nSPS) is 13.2. The smallest absolute Gasteiger partial charge is 0.276 e. The summed E-state index contributed by atoms with van der Waals surface area (Å²) in [7, 11) is 0. The maximum atomic E-state index is 13.1. The number of hydroxylamine groups is 1. The molecule has 1 amide bonds. The van der Waals surface area contributed by atoms with E-state index in [0.717, 1.165) is 30.5 Å². The second kappa shape index (κ2) is 8.78. The van der Waals surface area contributed by atoms with Gasteiger partial charge in [-0.2, -0.15) is 0 Å². The molecule has 0 atom stereocenters. The molecule has 1 aliphatic rings. The lowest BCUT2D eigenvalue weighted by Gasteiger charge is -2.16. The fourth-order valence-electron chi connectivity index (χ4n) is 4.63. The van der Waals surface area contributed by atoms with Gasteiger partial charge in [-0.25, -0.2) is 5.48 Å². The lowest BCUT2D eigenvalue weighted by atomic mass is 9.95. The number of amides is 1. The molecule has 0 spiro atoms. The highest BCUT2D eigenvalue weighted by atomic mass is 16.6. The Morgan fingerprint density at radius 3 is 2.32 bits per heavy atom. The van der Waals surface area contributed by atoms with Gasteiger partial charge in [-0.05, 0) is 48.4 Å². The van der Waals surface area contributed by atoms with Crippen LogP contribution in [0.1, 0.15) is 45.6 Å². The fourth-order valence-corrected chi connectivity index (χ4v) is 4.63. The molecule has 31 heavy (non-hydrogen) atoms. The van der Waals surface area contributed by atoms with Crippen molar-refractivity contribution in [1.29, 1.82) is 0 Å². The Morgan fingerprint density at radius 1 is 0.839 bits per heavy atom. The van der Waals surface area contributed by atoms with Crippen molar-refractivity contribution in [2.45, 2.75) is 38.8 Å². The van der Waals surface area contributed by atoms with Crippen LogP contribution in [-0.4, -0.2) is 10.5 Å². The van der Waals surface area contributed by atoms with Crippen molar-refractivity contribution in [3.05, 3.63) is 107 Å². The van der Waals surface area contributed by atoms with Crippen LogP contribution in [0, 0.1) is 0 Å². The first kappa shape index (κ1) is 19.6. The van der Waals surface area contributed by atoms with Crippen molar-refractivity contribution in [3.8, 4) is 0 Å². The Kier molecular flexibility index (Phi) is 5.55. The van der Waals surface area contributed by atoms with E-state index in [2.05, 4.69) is 40.4 Å². The number of hydrogen-bond acceptors (Lipinski definition) is 2. The van der Waals surface area contributed by atoms with E-state index in [1.165, 1.54) is 35.0 Å². The van der Waals surface area contributed by atoms with Crippen LogP contribution in [0.4, 0.5) is 0 Å². The highest BCUT2D eigenvalue weighted by Gasteiger charge is 2.23. The van der Waals surface area contributed by atoms with Crippen molar-refractivity contribution < 1.29 is 9.63 Å². The zero-order valence-electron chi connectivity index (χ0n) is 17.5. The fraction of sp³-hybridized carbons (Fsp3) is 0.222. The zero-order valence-corrected chi connectivity index (χ0v) is 17.5. The molecule has 3 aromatic carbocycles. The van der Waals surface area contributed by atoms with E-state index in [1.54, 1.807) is 0 Å². The minimum atomic E-state index is -0.203. The summed E-state index contributed by atoms with van der Waals surface area (Å²) in [6.45, 7) is 1.10. The van der Waals surface area contributed by atoms with Crippen LogP contribution in [0.3, 0.4) is 0 Å². The van der Waals surface area contributed by atoms with Gasteiger partial charge in [0.25, 0.3) is 5.91 Å². The minimum Gasteiger partial charge on any atom is -0.339 e. The Hall–Kier alpha value is -3.37. The van der Waals surface area contributed by atoms with E-state index in [9.17, 15) is 4.79 Å². The lowest BCUT2D eigenvalue weighted by molar-refractivity contribution is 0.0234. The molecule has 1 heterocycles. The molecule has 4 aromatic rings. The molecule has 4 nitrogen and oxygen atoms in total. The first-order valence-electron chi connectivity index (χ1n) is 10.9. The molecule has 0 bridgehead atoms. The summed E-state index contributed by atoms with van der Waals surface area (Å²) in [6.07, 6.45) is 4.53. The number of hydrogen-bond donors (Lipinski definition) is 1. The average Bonchev–Trinajstić information content (AvgIpc) is 3.14. The monoisotopic (exact) mass is 410 g/mol. The largest absolute Gasteiger partial charge is 0.339 e. The number of rotatable bonds is 6. The van der Waals surface area contributed by atoms with Gasteiger partial charge in [0, 0.05) is 17.6 Å². The molecule has 156 valence electrons. The Labute approximate surface area is 182 Å². The number of fused-ring (bicyclic) bond motifs is 3. The number of benzene rings is 3. The van der Waals surface area contributed by atoms with Crippen molar-refractivity contribution in [2.75, 3.05) is 0 Å². The molecule has 0 saturated heterocycles. The van der Waals surface area contributed by atoms with Gasteiger partial charge < -0.3 is 4.57 Å². The highest BCUT2D eigenvalue weighted by molar-refractivity contribution is 6.07. The quantitative estimate of drug-likeness (QED) is 0.431. The number of nitrogens with zero attached hydrogens (tertiary/aromatic N) is 1. The number of nitrogens with one attached hydrogen (secondary N) is 1. The summed E-state index contributed by atoms with van der Waals surface area (Å²) in [6, 6.07) is 26.3. The van der Waals surface area contributed by atoms with Crippen molar-refractivity contribution in [3.63, 3.8) is 0 Å². The van der Waals surface area contributed by atoms with E-state index in [-0.39, 0.29) is 5.91 Å². The summed E-state index contributed by atoms with van der Waals surface area (Å²) in [5.41, 5.74) is 9.36. The summed E-state index contributed by atoms with van der Waals surface area (Å²) in [5.74, 6) is -0.203. The molecule has 5 rings (SSSR count). The number of carbonyl (C=O) groups is 1. The summed E-state index contributed by atoms with van der Waals surface area (Å²) >= 11 is 0. The van der Waals surface area contributed by atoms with Gasteiger partial charge in [0.05, 0.1) is 17.7 Å². The standard InChI is InChI=1S/C27H26N2O2/c30-27(28-31-19-21-12-5-2-6-13-21)24-16-9-15-23-22-14-7-8-17-25(22)29(26(23)24)18-20-10-3-1-4-11-20/h1-6,9-13,15-16H,7-8,14,17-19H2,(H,28,30). The molecule has 0 saturated carbocycles. The van der Waals surface area contributed by atoms with Crippen LogP contribution in [0.5, 0.6) is 0 Å². The molecule has 1 N–H and O–H groups in total. The van der Waals surface area contributed by atoms with Crippen molar-refractivity contribution >= 4 is 16.8 Å². The number of carbonyl (C=O) groups excluding carboxylic acids is 1. The van der Waals surface area contributed by atoms with E-state index >= 15 is 0 Å². The second-order valence-corrected chi connectivity index (χ2v) is 8.11. The van der Waals surface area contributed by atoms with Gasteiger partial charge in [0.15, 0.2) is 0 Å². The van der Waals surface area contributed by atoms with Gasteiger partial charge in [0.1, 0.15) is 0 Å². The molecule has 1 aliphatic carbocycles. The van der Waals surface area contributed by atoms with E-state index in [0.29, 0.717) is 12.2 Å². The van der Waals surface area contributed by atoms with E-state index in [1.807, 2.05) is 48.5 Å². The Morgan fingerprint density at radius 2 is 1.55 bits per heavy atom. The van der Waals surface area contributed by atoms with Gasteiger partial charge >= 0.3 is 0 Å². The molecule has 0 radical (unpaired) electrons. The van der Waals surface area contributed by atoms with Crippen LogP contribution < -0.4 is 5.48 Å². The third-order valence-corrected chi connectivity index (χ3v) is 6.07. The molecule has 0 unspecified atom stereocenters. The third-order valence-electron chi connectivity index (χ3n) is 6.07. The first-order chi connectivity index (χ1) is 15.3. The van der Waals surface area contributed by atoms with Crippen molar-refractivity contribution in [2.24, 2.45) is 0 Å². The van der Waals surface area contributed by atoms with Gasteiger partial charge in [-0.15, -0.1) is 0 Å². The molecule has 1 aromatic heterocycles. The molecule has 4 heteroatoms. The predicted octanol–water partition coefficient (Wildman–Crippen LogP) is 5.43. The molecule has 0 fully saturated rings. The topological polar surface area (TPSA) is 43.3 Å². The lowest BCUT2D eigenvalue weighted by Crippen LogP contribution is -2.24. The Balaban J connectivity index is 1.49. The molecule has 0 aliphatic heterocycles. The van der Waals surface area contributed by atoms with Crippen LogP contribution in [0.2, 0.25) is 0 Å². The van der Waals surface area contributed by atoms with E-state index in [4.69, 9.17) is 4.84 Å². The third kappa shape index (κ3) is 3.99. The van der Waals surface area contributed by atoms with Crippen LogP contribution >= 0.6 is 0 Å². The summed E-state index contributed by atoms with van der Waals surface area (Å²) in [4.78, 5) is 18.7. The van der Waals surface area contributed by atoms with Gasteiger partial charge in [0.2, 0.25) is 0 Å². The Bertz CT molecular complexity index is 1200. The van der Waals surface area contributed by atoms with Gasteiger partial charge in [-0.3, -0.25) is 9.63 Å². The minimum absolute atomic E-state index is 0.203. The van der Waals surface area contributed by atoms with Crippen LogP contribution in [-0.2, 0) is 30.8 Å². The van der Waals surface area contributed by atoms with Crippen molar-refractivity contribution in [1.82, 2.24) is 10.0 Å². The van der Waals surface area contributed by atoms with Crippen LogP contribution in [0.15, 0.2) is 78.9 Å². The van der Waals surface area contributed by atoms with Gasteiger partial charge in [-0.1, -0.05) is 72.8 Å². The maximum Gasteiger partial charge on any atom is 0.276 e. The first-order valence-corrected chi connectivity index (χ1v) is 10.9. The second-order valence-electron chi connectivity index (χ2n) is 8.11. The number of aromatic nitrogens is 1. The predicted molar refractivity (Wildman–Crippen MR) is 123 cm³/mol. The number of para-hydroxylation sites is 1. The number of aryl methyl sites for hydroxylation is 1. The maximum absolute atomic E-state index is 13.1. The molecular formula is C27H26N2O2. The molecular weight excluding hydrogens is 384 g/mol. The van der Waals surface area contributed by atoms with E-state index < -0.39 is 0 Å². The average molecular weight is 411 g/mol. The zero-order chi connectivity index (χ0) is 21.0. The SMILES string of the molecule is O=C(NOCc1ccccc1)c1cccc2c3c(n(Cc4ccccc4)c12)CCCC3. The summed E-state index contributed by atoms with van der Waals surface area (Å²) in [5, 5.41) is 1.20. The van der Waals surface area contributed by atoms with Crippen LogP contribution in [0.25, 0.3) is 10.9 Å².